The summed E-state index contributed by atoms with van der Waals surface area (Å²) in [5.41, 5.74) is 3.03. The number of hydrogen-bond donors (Lipinski definition) is 2. The fourth-order valence-corrected chi connectivity index (χ4v) is 4.40. The highest BCUT2D eigenvalue weighted by molar-refractivity contribution is 7.92. The van der Waals surface area contributed by atoms with Gasteiger partial charge in [-0.15, -0.1) is 5.10 Å². The van der Waals surface area contributed by atoms with Crippen LogP contribution in [0.2, 0.25) is 0 Å². The molecule has 0 unspecified atom stereocenters. The van der Waals surface area contributed by atoms with Gasteiger partial charge in [0.15, 0.2) is 0 Å². The van der Waals surface area contributed by atoms with Gasteiger partial charge in [-0.1, -0.05) is 18.2 Å². The van der Waals surface area contributed by atoms with Crippen LogP contribution in [0.3, 0.4) is 0 Å². The van der Waals surface area contributed by atoms with Crippen LogP contribution >= 0.6 is 0 Å². The van der Waals surface area contributed by atoms with E-state index in [-0.39, 0.29) is 10.7 Å². The minimum Gasteiger partial charge on any atom is -0.319 e. The Balaban J connectivity index is 1.61. The number of hydrogen-bond acceptors (Lipinski definition) is 6. The highest BCUT2D eigenvalue weighted by Crippen LogP contribution is 2.23. The molecule has 2 N–H and O–H groups in total. The molecule has 1 amide bonds. The zero-order valence-corrected chi connectivity index (χ0v) is 17.9. The van der Waals surface area contributed by atoms with Gasteiger partial charge in [-0.25, -0.2) is 17.9 Å². The predicted octanol–water partition coefficient (Wildman–Crippen LogP) is 3.10. The molecule has 158 valence electrons. The van der Waals surface area contributed by atoms with Gasteiger partial charge in [0, 0.05) is 23.3 Å². The Kier molecular flexibility index (Phi) is 5.15. The standard InChI is InChI=1S/C21H20N6O3S/c1-13-5-4-6-17(11-13)26-31(29,30)18-12-16(8-7-14(18)2)23-20(28)19-24-21-22-10-9-15(3)27(21)25-19/h4-12,26H,1-3H3,(H,23,28). The van der Waals surface area contributed by atoms with E-state index in [0.717, 1.165) is 11.3 Å². The number of nitrogens with zero attached hydrogens (tertiary/aromatic N) is 4. The van der Waals surface area contributed by atoms with Gasteiger partial charge < -0.3 is 5.32 Å². The summed E-state index contributed by atoms with van der Waals surface area (Å²) in [7, 11) is -3.86. The highest BCUT2D eigenvalue weighted by Gasteiger charge is 2.20. The summed E-state index contributed by atoms with van der Waals surface area (Å²) in [5, 5.41) is 6.82. The fourth-order valence-electron chi connectivity index (χ4n) is 3.08. The van der Waals surface area contributed by atoms with Crippen LogP contribution in [0, 0.1) is 20.8 Å². The molecule has 4 rings (SSSR count). The first-order valence-corrected chi connectivity index (χ1v) is 10.9. The van der Waals surface area contributed by atoms with E-state index in [0.29, 0.717) is 22.7 Å². The number of benzene rings is 2. The number of nitrogens with one attached hydrogen (secondary N) is 2. The van der Waals surface area contributed by atoms with E-state index in [4.69, 9.17) is 0 Å². The largest absolute Gasteiger partial charge is 0.319 e. The molecule has 0 aliphatic heterocycles. The van der Waals surface area contributed by atoms with E-state index in [1.807, 2.05) is 19.9 Å². The third-order valence-electron chi connectivity index (χ3n) is 4.64. The number of aryl methyl sites for hydroxylation is 3. The maximum absolute atomic E-state index is 12.9. The van der Waals surface area contributed by atoms with Crippen LogP contribution in [0.25, 0.3) is 5.78 Å². The molecule has 2 heterocycles. The lowest BCUT2D eigenvalue weighted by atomic mass is 10.2. The van der Waals surface area contributed by atoms with E-state index in [2.05, 4.69) is 25.1 Å². The van der Waals surface area contributed by atoms with Crippen molar-refractivity contribution >= 4 is 33.1 Å². The smallest absolute Gasteiger partial charge is 0.295 e. The molecule has 2 aromatic heterocycles. The first-order chi connectivity index (χ1) is 14.7. The Morgan fingerprint density at radius 3 is 2.55 bits per heavy atom. The summed E-state index contributed by atoms with van der Waals surface area (Å²) < 4.78 is 29.9. The molecule has 0 fully saturated rings. The summed E-state index contributed by atoms with van der Waals surface area (Å²) in [5.74, 6) is -0.326. The first kappa shape index (κ1) is 20.5. The number of carbonyl (C=O) groups excluding carboxylic acids is 1. The van der Waals surface area contributed by atoms with E-state index in [1.165, 1.54) is 10.6 Å². The van der Waals surface area contributed by atoms with Crippen molar-refractivity contribution in [3.05, 3.63) is 77.4 Å². The van der Waals surface area contributed by atoms with Crippen molar-refractivity contribution in [2.75, 3.05) is 10.0 Å². The lowest BCUT2D eigenvalue weighted by Gasteiger charge is -2.12. The Bertz CT molecular complexity index is 1410. The van der Waals surface area contributed by atoms with Gasteiger partial charge in [-0.3, -0.25) is 9.52 Å². The van der Waals surface area contributed by atoms with Crippen LogP contribution in [-0.4, -0.2) is 33.9 Å². The third kappa shape index (κ3) is 4.24. The molecule has 0 saturated heterocycles. The average Bonchev–Trinajstić information content (AvgIpc) is 3.15. The van der Waals surface area contributed by atoms with Crippen LogP contribution in [0.1, 0.15) is 27.4 Å². The molecule has 0 aliphatic rings. The molecule has 10 heteroatoms. The summed E-state index contributed by atoms with van der Waals surface area (Å²) in [4.78, 5) is 20.9. The number of amides is 1. The molecule has 2 aromatic carbocycles. The molecule has 0 radical (unpaired) electrons. The number of fused-ring (bicyclic) bond motifs is 1. The first-order valence-electron chi connectivity index (χ1n) is 9.43. The molecule has 0 saturated carbocycles. The quantitative estimate of drug-likeness (QED) is 0.496. The summed E-state index contributed by atoms with van der Waals surface area (Å²) >= 11 is 0. The zero-order chi connectivity index (χ0) is 22.2. The molecule has 0 atom stereocenters. The Labute approximate surface area is 179 Å². The Morgan fingerprint density at radius 1 is 1.00 bits per heavy atom. The van der Waals surface area contributed by atoms with Crippen LogP contribution in [0.4, 0.5) is 11.4 Å². The molecule has 9 nitrogen and oxygen atoms in total. The van der Waals surface area contributed by atoms with Gasteiger partial charge in [-0.2, -0.15) is 4.98 Å². The second kappa shape index (κ2) is 7.80. The predicted molar refractivity (Wildman–Crippen MR) is 117 cm³/mol. The maximum atomic E-state index is 12.9. The van der Waals surface area contributed by atoms with Crippen molar-refractivity contribution in [3.63, 3.8) is 0 Å². The van der Waals surface area contributed by atoms with E-state index < -0.39 is 15.9 Å². The second-order valence-electron chi connectivity index (χ2n) is 7.14. The van der Waals surface area contributed by atoms with Crippen molar-refractivity contribution in [3.8, 4) is 0 Å². The van der Waals surface area contributed by atoms with Crippen molar-refractivity contribution in [2.45, 2.75) is 25.7 Å². The number of carbonyl (C=O) groups is 1. The fraction of sp³-hybridized carbons (Fsp3) is 0.143. The van der Waals surface area contributed by atoms with Crippen molar-refractivity contribution < 1.29 is 13.2 Å². The summed E-state index contributed by atoms with van der Waals surface area (Å²) in [6, 6.07) is 13.5. The van der Waals surface area contributed by atoms with Crippen LogP contribution in [-0.2, 0) is 10.0 Å². The minimum atomic E-state index is -3.86. The third-order valence-corrected chi connectivity index (χ3v) is 6.16. The van der Waals surface area contributed by atoms with E-state index >= 15 is 0 Å². The summed E-state index contributed by atoms with van der Waals surface area (Å²) in [6.07, 6.45) is 1.58. The van der Waals surface area contributed by atoms with Gasteiger partial charge in [0.25, 0.3) is 21.7 Å². The number of anilines is 2. The number of aromatic nitrogens is 4. The van der Waals surface area contributed by atoms with Crippen LogP contribution < -0.4 is 10.0 Å². The summed E-state index contributed by atoms with van der Waals surface area (Å²) in [6.45, 7) is 5.39. The van der Waals surface area contributed by atoms with E-state index in [1.54, 1.807) is 49.5 Å². The molecule has 0 aliphatic carbocycles. The normalized spacial score (nSPS) is 11.5. The zero-order valence-electron chi connectivity index (χ0n) is 17.1. The lowest BCUT2D eigenvalue weighted by Crippen LogP contribution is -2.17. The van der Waals surface area contributed by atoms with Gasteiger partial charge in [0.05, 0.1) is 4.90 Å². The number of sulfonamides is 1. The maximum Gasteiger partial charge on any atom is 0.295 e. The second-order valence-corrected chi connectivity index (χ2v) is 8.79. The molecule has 31 heavy (non-hydrogen) atoms. The molecule has 4 aromatic rings. The topological polar surface area (TPSA) is 118 Å². The van der Waals surface area contributed by atoms with Gasteiger partial charge in [0.1, 0.15) is 0 Å². The molecule has 0 bridgehead atoms. The Morgan fingerprint density at radius 2 is 1.81 bits per heavy atom. The number of rotatable bonds is 5. The molecule has 0 spiro atoms. The SMILES string of the molecule is Cc1cccc(NS(=O)(=O)c2cc(NC(=O)c3nc4nccc(C)n4n3)ccc2C)c1. The lowest BCUT2D eigenvalue weighted by molar-refractivity contribution is 0.101. The van der Waals surface area contributed by atoms with Gasteiger partial charge in [-0.05, 0) is 62.2 Å². The van der Waals surface area contributed by atoms with Gasteiger partial charge in [0.2, 0.25) is 5.82 Å². The molecular weight excluding hydrogens is 416 g/mol. The highest BCUT2D eigenvalue weighted by atomic mass is 32.2. The van der Waals surface area contributed by atoms with Gasteiger partial charge >= 0.3 is 0 Å². The van der Waals surface area contributed by atoms with Crippen LogP contribution in [0.15, 0.2) is 59.6 Å². The van der Waals surface area contributed by atoms with Crippen molar-refractivity contribution in [1.82, 2.24) is 19.6 Å². The molecular formula is C21H20N6O3S. The average molecular weight is 436 g/mol. The van der Waals surface area contributed by atoms with Crippen molar-refractivity contribution in [1.29, 1.82) is 0 Å². The minimum absolute atomic E-state index is 0.0623. The van der Waals surface area contributed by atoms with Crippen LogP contribution in [0.5, 0.6) is 0 Å². The monoisotopic (exact) mass is 436 g/mol. The Hall–Kier alpha value is -3.79. The van der Waals surface area contributed by atoms with E-state index in [9.17, 15) is 13.2 Å². The van der Waals surface area contributed by atoms with Crippen molar-refractivity contribution in [2.24, 2.45) is 0 Å².